The normalized spacial score (nSPS) is 13.4. The number of hydroxylamine groups is 1. The highest BCUT2D eigenvalue weighted by atomic mass is 19.4. The quantitative estimate of drug-likeness (QED) is 0.412. The first-order valence-electron chi connectivity index (χ1n) is 7.20. The lowest BCUT2D eigenvalue weighted by atomic mass is 10.1. The van der Waals surface area contributed by atoms with Crippen molar-refractivity contribution in [2.24, 2.45) is 0 Å². The number of H-pyrrole nitrogens is 1. The molecule has 0 aliphatic heterocycles. The van der Waals surface area contributed by atoms with Crippen LogP contribution in [0.2, 0.25) is 0 Å². The van der Waals surface area contributed by atoms with E-state index in [-0.39, 0.29) is 17.7 Å². The molecule has 0 spiro atoms. The maximum atomic E-state index is 13.6. The second kappa shape index (κ2) is 7.37. The summed E-state index contributed by atoms with van der Waals surface area (Å²) in [5.74, 6) is -15.0. The van der Waals surface area contributed by atoms with Gasteiger partial charge < -0.3 is 10.3 Å². The van der Waals surface area contributed by atoms with Crippen LogP contribution in [0.25, 0.3) is 0 Å². The largest absolute Gasteiger partial charge is 0.752 e. The molecule has 0 atom stereocenters. The number of nitrogens with zero attached hydrogens (tertiary/aromatic N) is 2. The van der Waals surface area contributed by atoms with Crippen LogP contribution < -0.4 is 10.6 Å². The minimum Gasteiger partial charge on any atom is -0.752 e. The number of hydrogen-bond donors (Lipinski definition) is 1. The van der Waals surface area contributed by atoms with Gasteiger partial charge in [-0.1, -0.05) is 13.3 Å². The van der Waals surface area contributed by atoms with Crippen LogP contribution in [0.15, 0.2) is 4.79 Å². The standard InChI is InChI=1S/C13H14F8N3O2/c1-3-4-5-7-6(2)22-10(23-8(7)25)24(26)13(20,21)12(18,19)11(16,17)9(14)15/h9H,3-5H2,1-2H3,(H,22,23,25)/q-1. The van der Waals surface area contributed by atoms with Gasteiger partial charge in [-0.25, -0.2) is 13.8 Å². The van der Waals surface area contributed by atoms with Crippen molar-refractivity contribution < 1.29 is 35.1 Å². The van der Waals surface area contributed by atoms with Gasteiger partial charge in [-0.2, -0.15) is 26.3 Å². The first-order valence-corrected chi connectivity index (χ1v) is 7.20. The highest BCUT2D eigenvalue weighted by molar-refractivity contribution is 5.37. The average Bonchev–Trinajstić information content (AvgIpc) is 2.52. The van der Waals surface area contributed by atoms with Crippen LogP contribution in [-0.2, 0) is 6.42 Å². The number of aryl methyl sites for hydroxylation is 1. The maximum Gasteiger partial charge on any atom is 0.397 e. The van der Waals surface area contributed by atoms with Gasteiger partial charge in [-0.05, 0) is 19.8 Å². The predicted molar refractivity (Wildman–Crippen MR) is 74.9 cm³/mol. The van der Waals surface area contributed by atoms with Gasteiger partial charge in [-0.15, -0.1) is 0 Å². The Morgan fingerprint density at radius 1 is 1.19 bits per heavy atom. The Kier molecular flexibility index (Phi) is 6.27. The molecule has 0 saturated heterocycles. The number of rotatable bonds is 8. The molecule has 0 amide bonds. The van der Waals surface area contributed by atoms with Crippen LogP contribution in [0.3, 0.4) is 0 Å². The van der Waals surface area contributed by atoms with E-state index in [1.807, 2.05) is 0 Å². The van der Waals surface area contributed by atoms with Gasteiger partial charge in [0.1, 0.15) is 0 Å². The van der Waals surface area contributed by atoms with E-state index in [0.717, 1.165) is 6.92 Å². The number of nitrogens with one attached hydrogen (secondary N) is 1. The number of hydrogen-bond acceptors (Lipinski definition) is 4. The van der Waals surface area contributed by atoms with Gasteiger partial charge in [0.25, 0.3) is 5.56 Å². The smallest absolute Gasteiger partial charge is 0.397 e. The van der Waals surface area contributed by atoms with Crippen molar-refractivity contribution in [1.29, 1.82) is 0 Å². The van der Waals surface area contributed by atoms with Crippen LogP contribution in [0.4, 0.5) is 41.1 Å². The molecule has 0 aromatic carbocycles. The molecule has 1 rings (SSSR count). The van der Waals surface area contributed by atoms with Crippen LogP contribution in [-0.4, -0.2) is 34.3 Å². The summed E-state index contributed by atoms with van der Waals surface area (Å²) in [6, 6.07) is -6.32. The van der Waals surface area contributed by atoms with E-state index in [9.17, 15) is 45.1 Å². The molecule has 0 radical (unpaired) electrons. The Morgan fingerprint density at radius 3 is 2.15 bits per heavy atom. The highest BCUT2D eigenvalue weighted by Gasteiger charge is 2.76. The van der Waals surface area contributed by atoms with E-state index in [2.05, 4.69) is 4.98 Å². The molecule has 13 heteroatoms. The lowest BCUT2D eigenvalue weighted by molar-refractivity contribution is -0.336. The molecule has 0 bridgehead atoms. The van der Waals surface area contributed by atoms with Gasteiger partial charge in [0.2, 0.25) is 0 Å². The number of alkyl halides is 8. The van der Waals surface area contributed by atoms with E-state index in [4.69, 9.17) is 0 Å². The zero-order valence-corrected chi connectivity index (χ0v) is 13.4. The SMILES string of the molecule is CCCCc1c(C)nc(N([O-])C(F)(F)C(F)(F)C(F)(F)C(F)F)[nH]c1=O. The lowest BCUT2D eigenvalue weighted by Gasteiger charge is -2.42. The van der Waals surface area contributed by atoms with Gasteiger partial charge in [-0.3, -0.25) is 9.78 Å². The molecule has 0 fully saturated rings. The zero-order chi connectivity index (χ0) is 20.5. The minimum atomic E-state index is -6.75. The summed E-state index contributed by atoms with van der Waals surface area (Å²) in [5.41, 5.74) is -1.39. The second-order valence-electron chi connectivity index (χ2n) is 5.39. The maximum absolute atomic E-state index is 13.6. The number of aromatic amines is 1. The number of anilines is 1. The third kappa shape index (κ3) is 3.62. The van der Waals surface area contributed by atoms with Gasteiger partial charge >= 0.3 is 24.3 Å². The molecule has 0 aliphatic rings. The number of halogens is 8. The second-order valence-corrected chi connectivity index (χ2v) is 5.39. The minimum absolute atomic E-state index is 0.0167. The first-order chi connectivity index (χ1) is 11.7. The van der Waals surface area contributed by atoms with E-state index in [1.54, 1.807) is 6.92 Å². The zero-order valence-electron chi connectivity index (χ0n) is 13.4. The number of aromatic nitrogens is 2. The fourth-order valence-electron chi connectivity index (χ4n) is 1.94. The molecule has 26 heavy (non-hydrogen) atoms. The summed E-state index contributed by atoms with van der Waals surface area (Å²) in [5, 5.41) is 9.49. The van der Waals surface area contributed by atoms with E-state index in [1.165, 1.54) is 4.98 Å². The van der Waals surface area contributed by atoms with Gasteiger partial charge in [0, 0.05) is 11.3 Å². The monoisotopic (exact) mass is 396 g/mol. The molecule has 5 nitrogen and oxygen atoms in total. The molecule has 150 valence electrons. The fraction of sp³-hybridized carbons (Fsp3) is 0.692. The Labute approximate surface area is 141 Å². The highest BCUT2D eigenvalue weighted by Crippen LogP contribution is 2.50. The van der Waals surface area contributed by atoms with Crippen LogP contribution in [0, 0.1) is 12.1 Å². The molecule has 1 aromatic rings. The summed E-state index contributed by atoms with van der Waals surface area (Å²) >= 11 is 0. The van der Waals surface area contributed by atoms with Crippen molar-refractivity contribution in [1.82, 2.24) is 9.97 Å². The third-order valence-corrected chi connectivity index (χ3v) is 3.51. The first kappa shape index (κ1) is 22.1. The molecule has 1 N–H and O–H groups in total. The molecule has 1 aromatic heterocycles. The Morgan fingerprint density at radius 2 is 1.73 bits per heavy atom. The Hall–Kier alpha value is -1.92. The summed E-state index contributed by atoms with van der Waals surface area (Å²) in [6.07, 6.45) is -3.90. The van der Waals surface area contributed by atoms with Crippen molar-refractivity contribution in [2.45, 2.75) is 57.4 Å². The van der Waals surface area contributed by atoms with E-state index in [0.29, 0.717) is 12.8 Å². The fourth-order valence-corrected chi connectivity index (χ4v) is 1.94. The van der Waals surface area contributed by atoms with Gasteiger partial charge in [0.15, 0.2) is 5.95 Å². The summed E-state index contributed by atoms with van der Waals surface area (Å²) in [7, 11) is 0. The summed E-state index contributed by atoms with van der Waals surface area (Å²) in [6.45, 7) is 2.89. The molecule has 0 saturated carbocycles. The van der Waals surface area contributed by atoms with Crippen LogP contribution in [0.1, 0.15) is 31.0 Å². The lowest BCUT2D eigenvalue weighted by Crippen LogP contribution is -2.63. The number of unbranched alkanes of at least 4 members (excludes halogenated alkanes) is 1. The third-order valence-electron chi connectivity index (χ3n) is 3.51. The summed E-state index contributed by atoms with van der Waals surface area (Å²) < 4.78 is 103. The van der Waals surface area contributed by atoms with Crippen molar-refractivity contribution in [3.8, 4) is 0 Å². The van der Waals surface area contributed by atoms with E-state index < -0.39 is 40.9 Å². The Balaban J connectivity index is 3.34. The van der Waals surface area contributed by atoms with E-state index >= 15 is 0 Å². The van der Waals surface area contributed by atoms with Crippen LogP contribution >= 0.6 is 0 Å². The predicted octanol–water partition coefficient (Wildman–Crippen LogP) is 3.85. The van der Waals surface area contributed by atoms with Crippen molar-refractivity contribution in [2.75, 3.05) is 5.06 Å². The van der Waals surface area contributed by atoms with Crippen molar-refractivity contribution in [3.63, 3.8) is 0 Å². The van der Waals surface area contributed by atoms with Gasteiger partial charge in [0.05, 0.1) is 0 Å². The molecule has 0 aliphatic carbocycles. The average molecular weight is 396 g/mol. The van der Waals surface area contributed by atoms with Crippen LogP contribution in [0.5, 0.6) is 0 Å². The van der Waals surface area contributed by atoms with Crippen molar-refractivity contribution in [3.05, 3.63) is 26.8 Å². The molecular weight excluding hydrogens is 382 g/mol. The van der Waals surface area contributed by atoms with Crippen molar-refractivity contribution >= 4 is 5.95 Å². The molecule has 0 unspecified atom stereocenters. The summed E-state index contributed by atoms with van der Waals surface area (Å²) in [4.78, 5) is 16.5. The molecule has 1 heterocycles. The Bertz CT molecular complexity index is 692. The molecular formula is C13H14F8N3O2-. The topological polar surface area (TPSA) is 72.0 Å².